The summed E-state index contributed by atoms with van der Waals surface area (Å²) in [6.45, 7) is 6.26. The summed E-state index contributed by atoms with van der Waals surface area (Å²) in [5.41, 5.74) is 0. The van der Waals surface area contributed by atoms with Gasteiger partial charge in [0.2, 0.25) is 0 Å². The summed E-state index contributed by atoms with van der Waals surface area (Å²) in [4.78, 5) is 10.8. The molecule has 0 heterocycles. The Hall–Kier alpha value is -0.530. The van der Waals surface area contributed by atoms with E-state index in [1.807, 2.05) is 6.92 Å². The van der Waals surface area contributed by atoms with Crippen LogP contribution in [-0.4, -0.2) is 11.1 Å². The minimum atomic E-state index is -0.654. The van der Waals surface area contributed by atoms with Crippen molar-refractivity contribution in [3.8, 4) is 0 Å². The van der Waals surface area contributed by atoms with Crippen LogP contribution in [0.4, 0.5) is 0 Å². The molecule has 0 radical (unpaired) electrons. The minimum Gasteiger partial charge on any atom is -0.481 e. The van der Waals surface area contributed by atoms with Gasteiger partial charge in [-0.2, -0.15) is 0 Å². The molecule has 0 aliphatic carbocycles. The van der Waals surface area contributed by atoms with E-state index in [0.717, 1.165) is 6.42 Å². The van der Waals surface area contributed by atoms with E-state index in [4.69, 9.17) is 5.11 Å². The van der Waals surface area contributed by atoms with Crippen molar-refractivity contribution >= 4 is 5.97 Å². The zero-order valence-corrected chi connectivity index (χ0v) is 13.3. The Morgan fingerprint density at radius 1 is 0.895 bits per heavy atom. The average Bonchev–Trinajstić information content (AvgIpc) is 2.36. The van der Waals surface area contributed by atoms with Gasteiger partial charge in [-0.15, -0.1) is 0 Å². The van der Waals surface area contributed by atoms with E-state index in [1.54, 1.807) is 0 Å². The highest BCUT2D eigenvalue weighted by atomic mass is 16.4. The summed E-state index contributed by atoms with van der Waals surface area (Å²) in [5, 5.41) is 8.86. The van der Waals surface area contributed by atoms with Crippen molar-refractivity contribution in [2.75, 3.05) is 0 Å². The lowest BCUT2D eigenvalue weighted by Crippen LogP contribution is -2.13. The van der Waals surface area contributed by atoms with Crippen LogP contribution < -0.4 is 0 Å². The minimum absolute atomic E-state index is 0.187. The zero-order valence-electron chi connectivity index (χ0n) is 13.3. The number of hydrogen-bond donors (Lipinski definition) is 1. The van der Waals surface area contributed by atoms with Crippen LogP contribution >= 0.6 is 0 Å². The second-order valence-electron chi connectivity index (χ2n) is 6.20. The first-order chi connectivity index (χ1) is 9.07. The molecule has 0 saturated carbocycles. The van der Waals surface area contributed by atoms with Gasteiger partial charge < -0.3 is 5.11 Å². The zero-order chi connectivity index (χ0) is 14.5. The maximum absolute atomic E-state index is 10.8. The van der Waals surface area contributed by atoms with Crippen LogP contribution in [0.5, 0.6) is 0 Å². The standard InChI is InChI=1S/C17H34O2/c1-4-5-6-7-8-9-10-11-12-13-15(2)14-16(3)17(18)19/h15-16H,4-14H2,1-3H3,(H,18,19). The van der Waals surface area contributed by atoms with Gasteiger partial charge in [-0.05, 0) is 12.3 Å². The first kappa shape index (κ1) is 18.5. The van der Waals surface area contributed by atoms with E-state index in [2.05, 4.69) is 13.8 Å². The molecule has 0 aromatic carbocycles. The van der Waals surface area contributed by atoms with Crippen LogP contribution in [0.1, 0.15) is 91.4 Å². The number of carboxylic acids is 1. The molecular weight excluding hydrogens is 236 g/mol. The topological polar surface area (TPSA) is 37.3 Å². The molecule has 0 fully saturated rings. The first-order valence-corrected chi connectivity index (χ1v) is 8.30. The Morgan fingerprint density at radius 2 is 1.37 bits per heavy atom. The van der Waals surface area contributed by atoms with Crippen molar-refractivity contribution in [2.45, 2.75) is 91.4 Å². The van der Waals surface area contributed by atoms with Gasteiger partial charge >= 0.3 is 5.97 Å². The van der Waals surface area contributed by atoms with Gasteiger partial charge in [-0.3, -0.25) is 4.79 Å². The van der Waals surface area contributed by atoms with Crippen molar-refractivity contribution in [3.05, 3.63) is 0 Å². The van der Waals surface area contributed by atoms with Crippen LogP contribution in [-0.2, 0) is 4.79 Å². The summed E-state index contributed by atoms with van der Waals surface area (Å²) >= 11 is 0. The third-order valence-electron chi connectivity index (χ3n) is 3.98. The van der Waals surface area contributed by atoms with Gasteiger partial charge in [0.1, 0.15) is 0 Å². The summed E-state index contributed by atoms with van der Waals surface area (Å²) in [7, 11) is 0. The first-order valence-electron chi connectivity index (χ1n) is 8.30. The monoisotopic (exact) mass is 270 g/mol. The van der Waals surface area contributed by atoms with Gasteiger partial charge in [0.15, 0.2) is 0 Å². The molecule has 2 unspecified atom stereocenters. The van der Waals surface area contributed by atoms with Crippen molar-refractivity contribution < 1.29 is 9.90 Å². The molecule has 2 nitrogen and oxygen atoms in total. The van der Waals surface area contributed by atoms with E-state index in [9.17, 15) is 4.79 Å². The maximum Gasteiger partial charge on any atom is 0.306 e. The Labute approximate surface area is 120 Å². The largest absolute Gasteiger partial charge is 0.481 e. The van der Waals surface area contributed by atoms with Gasteiger partial charge in [0.05, 0.1) is 5.92 Å². The summed E-state index contributed by atoms with van der Waals surface area (Å²) < 4.78 is 0. The molecule has 2 heteroatoms. The Morgan fingerprint density at radius 3 is 1.84 bits per heavy atom. The van der Waals surface area contributed by atoms with Crippen molar-refractivity contribution in [3.63, 3.8) is 0 Å². The molecule has 0 aliphatic rings. The SMILES string of the molecule is CCCCCCCCCCCC(C)CC(C)C(=O)O. The highest BCUT2D eigenvalue weighted by molar-refractivity contribution is 5.69. The van der Waals surface area contributed by atoms with Gasteiger partial charge in [-0.1, -0.05) is 85.0 Å². The quantitative estimate of drug-likeness (QED) is 0.439. The van der Waals surface area contributed by atoms with Crippen LogP contribution in [0, 0.1) is 11.8 Å². The fourth-order valence-corrected chi connectivity index (χ4v) is 2.63. The number of carbonyl (C=O) groups is 1. The second-order valence-corrected chi connectivity index (χ2v) is 6.20. The second kappa shape index (κ2) is 12.5. The van der Waals surface area contributed by atoms with Gasteiger partial charge in [-0.25, -0.2) is 0 Å². The number of hydrogen-bond acceptors (Lipinski definition) is 1. The molecule has 114 valence electrons. The summed E-state index contributed by atoms with van der Waals surface area (Å²) in [6, 6.07) is 0. The molecule has 0 spiro atoms. The average molecular weight is 270 g/mol. The lowest BCUT2D eigenvalue weighted by Gasteiger charge is -2.13. The molecule has 1 N–H and O–H groups in total. The Balaban J connectivity index is 3.27. The molecular formula is C17H34O2. The molecule has 0 aromatic rings. The third kappa shape index (κ3) is 12.3. The Bertz CT molecular complexity index is 213. The fourth-order valence-electron chi connectivity index (χ4n) is 2.63. The molecule has 19 heavy (non-hydrogen) atoms. The van der Waals surface area contributed by atoms with E-state index >= 15 is 0 Å². The van der Waals surface area contributed by atoms with E-state index < -0.39 is 5.97 Å². The molecule has 2 atom stereocenters. The van der Waals surface area contributed by atoms with Crippen LogP contribution in [0.2, 0.25) is 0 Å². The number of aliphatic carboxylic acids is 1. The molecule has 0 saturated heterocycles. The maximum atomic E-state index is 10.8. The molecule has 0 aromatic heterocycles. The number of carboxylic acid groups (broad SMARTS) is 1. The third-order valence-corrected chi connectivity index (χ3v) is 3.98. The molecule has 0 amide bonds. The van der Waals surface area contributed by atoms with E-state index in [-0.39, 0.29) is 5.92 Å². The van der Waals surface area contributed by atoms with Crippen LogP contribution in [0.3, 0.4) is 0 Å². The van der Waals surface area contributed by atoms with Crippen molar-refractivity contribution in [2.24, 2.45) is 11.8 Å². The number of unbranched alkanes of at least 4 members (excludes halogenated alkanes) is 8. The predicted octanol–water partition coefficient (Wildman–Crippen LogP) is 5.65. The smallest absolute Gasteiger partial charge is 0.306 e. The molecule has 0 aliphatic heterocycles. The van der Waals surface area contributed by atoms with Crippen LogP contribution in [0.15, 0.2) is 0 Å². The van der Waals surface area contributed by atoms with Gasteiger partial charge in [0, 0.05) is 0 Å². The van der Waals surface area contributed by atoms with Crippen LogP contribution in [0.25, 0.3) is 0 Å². The van der Waals surface area contributed by atoms with E-state index in [1.165, 1.54) is 64.2 Å². The van der Waals surface area contributed by atoms with Gasteiger partial charge in [0.25, 0.3) is 0 Å². The van der Waals surface area contributed by atoms with E-state index in [0.29, 0.717) is 5.92 Å². The molecule has 0 rings (SSSR count). The highest BCUT2D eigenvalue weighted by Gasteiger charge is 2.14. The highest BCUT2D eigenvalue weighted by Crippen LogP contribution is 2.19. The van der Waals surface area contributed by atoms with Crippen molar-refractivity contribution in [1.29, 1.82) is 0 Å². The lowest BCUT2D eigenvalue weighted by atomic mass is 9.92. The normalized spacial score (nSPS) is 14.3. The lowest BCUT2D eigenvalue weighted by molar-refractivity contribution is -0.141. The summed E-state index contributed by atoms with van der Waals surface area (Å²) in [5.74, 6) is -0.289. The molecule has 0 bridgehead atoms. The van der Waals surface area contributed by atoms with Crippen molar-refractivity contribution in [1.82, 2.24) is 0 Å². The predicted molar refractivity (Wildman–Crippen MR) is 82.4 cm³/mol. The Kier molecular flexibility index (Phi) is 12.2. The summed E-state index contributed by atoms with van der Waals surface area (Å²) in [6.07, 6.45) is 14.2. The number of rotatable bonds is 13. The fraction of sp³-hybridized carbons (Fsp3) is 0.941.